The summed E-state index contributed by atoms with van der Waals surface area (Å²) in [7, 11) is 1.68. The number of piperidine rings is 1. The molecule has 7 heteroatoms. The van der Waals surface area contributed by atoms with E-state index in [1.165, 1.54) is 10.5 Å². The average Bonchev–Trinajstić information content (AvgIpc) is 3.32. The fourth-order valence-electron chi connectivity index (χ4n) is 4.40. The van der Waals surface area contributed by atoms with Crippen LogP contribution in [0, 0.1) is 5.92 Å². The second kappa shape index (κ2) is 8.16. The molecular formula is C22H27N3O3S. The third-order valence-corrected chi connectivity index (χ3v) is 6.90. The van der Waals surface area contributed by atoms with E-state index in [2.05, 4.69) is 22.3 Å². The first-order valence-electron chi connectivity index (χ1n) is 10.00. The van der Waals surface area contributed by atoms with Gasteiger partial charge in [-0.05, 0) is 78.9 Å². The summed E-state index contributed by atoms with van der Waals surface area (Å²) in [6.07, 6.45) is 1.78. The number of hydrogen-bond donors (Lipinski definition) is 1. The summed E-state index contributed by atoms with van der Waals surface area (Å²) in [6.45, 7) is 4.92. The van der Waals surface area contributed by atoms with Gasteiger partial charge in [-0.3, -0.25) is 14.6 Å². The molecule has 2 fully saturated rings. The van der Waals surface area contributed by atoms with Gasteiger partial charge in [0.2, 0.25) is 0 Å². The molecule has 4 rings (SSSR count). The molecule has 1 unspecified atom stereocenters. The zero-order valence-electron chi connectivity index (χ0n) is 16.9. The minimum Gasteiger partial charge on any atom is -0.497 e. The van der Waals surface area contributed by atoms with Crippen LogP contribution in [-0.2, 0) is 17.9 Å². The highest BCUT2D eigenvalue weighted by atomic mass is 32.1. The second-order valence-electron chi connectivity index (χ2n) is 8.06. The van der Waals surface area contributed by atoms with Gasteiger partial charge in [0.1, 0.15) is 11.3 Å². The number of carbonyl (C=O) groups excluding carboxylic acids is 2. The van der Waals surface area contributed by atoms with Gasteiger partial charge in [0, 0.05) is 6.54 Å². The maximum absolute atomic E-state index is 13.1. The third-order valence-electron chi connectivity index (χ3n) is 6.17. The Morgan fingerprint density at radius 3 is 2.66 bits per heavy atom. The molecule has 2 aliphatic rings. The predicted molar refractivity (Wildman–Crippen MR) is 113 cm³/mol. The number of amides is 3. The van der Waals surface area contributed by atoms with Gasteiger partial charge in [-0.2, -0.15) is 11.3 Å². The molecule has 1 atom stereocenters. The fraction of sp³-hybridized carbons (Fsp3) is 0.455. The van der Waals surface area contributed by atoms with Crippen LogP contribution in [0.25, 0.3) is 0 Å². The predicted octanol–water partition coefficient (Wildman–Crippen LogP) is 3.48. The first-order valence-corrected chi connectivity index (χ1v) is 10.9. The average molecular weight is 414 g/mol. The maximum Gasteiger partial charge on any atom is 0.325 e. The Morgan fingerprint density at radius 1 is 1.17 bits per heavy atom. The Kier molecular flexibility index (Phi) is 5.61. The van der Waals surface area contributed by atoms with Crippen LogP contribution in [0.15, 0.2) is 41.1 Å². The van der Waals surface area contributed by atoms with E-state index in [0.717, 1.165) is 43.8 Å². The Bertz CT molecular complexity index is 877. The smallest absolute Gasteiger partial charge is 0.325 e. The molecular weight excluding hydrogens is 386 g/mol. The van der Waals surface area contributed by atoms with Crippen molar-refractivity contribution in [2.75, 3.05) is 20.2 Å². The first kappa shape index (κ1) is 19.9. The molecule has 1 N–H and O–H groups in total. The van der Waals surface area contributed by atoms with Crippen LogP contribution in [-0.4, -0.2) is 47.5 Å². The maximum atomic E-state index is 13.1. The Balaban J connectivity index is 1.37. The number of thiophene rings is 1. The molecule has 29 heavy (non-hydrogen) atoms. The number of rotatable bonds is 6. The summed E-state index contributed by atoms with van der Waals surface area (Å²) >= 11 is 1.57. The fourth-order valence-corrected chi connectivity index (χ4v) is 5.06. The SMILES string of the molecule is COc1cccc(CN2CCC(C3(C)NC(=O)N(Cc4ccsc4)C3=O)CC2)c1. The van der Waals surface area contributed by atoms with E-state index in [9.17, 15) is 9.59 Å². The number of methoxy groups -OCH3 is 1. The normalized spacial score (nSPS) is 23.4. The molecule has 0 bridgehead atoms. The standard InChI is InChI=1S/C22H27N3O3S/c1-22(20(26)25(21(27)23-22)14-17-8-11-29-15-17)18-6-9-24(10-7-18)13-16-4-3-5-19(12-16)28-2/h3-5,8,11-12,15,18H,6-7,9-10,13-14H2,1-2H3,(H,23,27). The van der Waals surface area contributed by atoms with E-state index < -0.39 is 5.54 Å². The molecule has 2 aliphatic heterocycles. The van der Waals surface area contributed by atoms with Crippen molar-refractivity contribution in [1.82, 2.24) is 15.1 Å². The van der Waals surface area contributed by atoms with Crippen molar-refractivity contribution >= 4 is 23.3 Å². The van der Waals surface area contributed by atoms with Crippen molar-refractivity contribution in [1.29, 1.82) is 0 Å². The molecule has 2 aromatic rings. The Hall–Kier alpha value is -2.38. The number of nitrogens with zero attached hydrogens (tertiary/aromatic N) is 2. The van der Waals surface area contributed by atoms with E-state index in [-0.39, 0.29) is 17.9 Å². The van der Waals surface area contributed by atoms with E-state index in [0.29, 0.717) is 6.54 Å². The third kappa shape index (κ3) is 4.02. The lowest BCUT2D eigenvalue weighted by Crippen LogP contribution is -2.53. The molecule has 1 aromatic heterocycles. The number of nitrogens with one attached hydrogen (secondary N) is 1. The van der Waals surface area contributed by atoms with Crippen molar-refractivity contribution in [3.05, 3.63) is 52.2 Å². The lowest BCUT2D eigenvalue weighted by molar-refractivity contribution is -0.133. The lowest BCUT2D eigenvalue weighted by Gasteiger charge is -2.39. The van der Waals surface area contributed by atoms with Gasteiger partial charge in [-0.15, -0.1) is 0 Å². The van der Waals surface area contributed by atoms with Crippen LogP contribution < -0.4 is 10.1 Å². The molecule has 3 amide bonds. The monoisotopic (exact) mass is 413 g/mol. The molecule has 1 aromatic carbocycles. The highest BCUT2D eigenvalue weighted by Gasteiger charge is 2.52. The van der Waals surface area contributed by atoms with Crippen LogP contribution in [0.1, 0.15) is 30.9 Å². The molecule has 2 saturated heterocycles. The molecule has 0 saturated carbocycles. The van der Waals surface area contributed by atoms with Gasteiger partial charge in [0.25, 0.3) is 5.91 Å². The molecule has 3 heterocycles. The number of imide groups is 1. The van der Waals surface area contributed by atoms with Crippen LogP contribution in [0.3, 0.4) is 0 Å². The summed E-state index contributed by atoms with van der Waals surface area (Å²) in [4.78, 5) is 29.4. The quantitative estimate of drug-likeness (QED) is 0.737. The number of carbonyl (C=O) groups is 2. The molecule has 0 spiro atoms. The highest BCUT2D eigenvalue weighted by Crippen LogP contribution is 2.34. The molecule has 6 nitrogen and oxygen atoms in total. The van der Waals surface area contributed by atoms with Gasteiger partial charge in [0.05, 0.1) is 13.7 Å². The van der Waals surface area contributed by atoms with Crippen LogP contribution in [0.2, 0.25) is 0 Å². The Morgan fingerprint density at radius 2 is 1.97 bits per heavy atom. The summed E-state index contributed by atoms with van der Waals surface area (Å²) < 4.78 is 5.31. The first-order chi connectivity index (χ1) is 14.0. The van der Waals surface area contributed by atoms with E-state index in [1.54, 1.807) is 18.4 Å². The zero-order chi connectivity index (χ0) is 20.4. The number of hydrogen-bond acceptors (Lipinski definition) is 5. The number of benzene rings is 1. The van der Waals surface area contributed by atoms with Gasteiger partial charge in [-0.1, -0.05) is 12.1 Å². The van der Waals surface area contributed by atoms with Crippen molar-refractivity contribution in [3.63, 3.8) is 0 Å². The van der Waals surface area contributed by atoms with Crippen molar-refractivity contribution < 1.29 is 14.3 Å². The van der Waals surface area contributed by atoms with Crippen molar-refractivity contribution in [2.45, 2.75) is 38.4 Å². The topological polar surface area (TPSA) is 61.9 Å². The zero-order valence-corrected chi connectivity index (χ0v) is 17.7. The molecule has 0 aliphatic carbocycles. The second-order valence-corrected chi connectivity index (χ2v) is 8.84. The van der Waals surface area contributed by atoms with Gasteiger partial charge < -0.3 is 10.1 Å². The summed E-state index contributed by atoms with van der Waals surface area (Å²) in [6, 6.07) is 9.82. The number of likely N-dealkylation sites (tertiary alicyclic amines) is 1. The minimum atomic E-state index is -0.810. The number of ether oxygens (including phenoxy) is 1. The molecule has 154 valence electrons. The summed E-state index contributed by atoms with van der Waals surface area (Å²) in [5, 5.41) is 6.94. The number of urea groups is 1. The van der Waals surface area contributed by atoms with Gasteiger partial charge >= 0.3 is 6.03 Å². The van der Waals surface area contributed by atoms with Crippen LogP contribution in [0.5, 0.6) is 5.75 Å². The minimum absolute atomic E-state index is 0.0973. The van der Waals surface area contributed by atoms with Crippen molar-refractivity contribution in [3.8, 4) is 5.75 Å². The van der Waals surface area contributed by atoms with Crippen LogP contribution in [0.4, 0.5) is 4.79 Å². The lowest BCUT2D eigenvalue weighted by atomic mass is 9.79. The molecule has 0 radical (unpaired) electrons. The Labute approximate surface area is 175 Å². The van der Waals surface area contributed by atoms with E-state index in [1.807, 2.05) is 35.9 Å². The van der Waals surface area contributed by atoms with E-state index >= 15 is 0 Å². The van der Waals surface area contributed by atoms with Crippen molar-refractivity contribution in [2.24, 2.45) is 5.92 Å². The van der Waals surface area contributed by atoms with Gasteiger partial charge in [0.15, 0.2) is 0 Å². The summed E-state index contributed by atoms with van der Waals surface area (Å²) in [5.41, 5.74) is 1.41. The van der Waals surface area contributed by atoms with Crippen LogP contribution >= 0.6 is 11.3 Å². The summed E-state index contributed by atoms with van der Waals surface area (Å²) in [5.74, 6) is 0.919. The largest absolute Gasteiger partial charge is 0.497 e. The van der Waals surface area contributed by atoms with E-state index in [4.69, 9.17) is 4.74 Å². The highest BCUT2D eigenvalue weighted by molar-refractivity contribution is 7.07. The van der Waals surface area contributed by atoms with Gasteiger partial charge in [-0.25, -0.2) is 4.79 Å².